The highest BCUT2D eigenvalue weighted by Crippen LogP contribution is 2.38. The van der Waals surface area contributed by atoms with Crippen molar-refractivity contribution in [3.05, 3.63) is 83.4 Å². The fourth-order valence-corrected chi connectivity index (χ4v) is 4.14. The number of nitrogens with one attached hydrogen (secondary N) is 2. The number of nitrogens with two attached hydrogens (primary N) is 1. The van der Waals surface area contributed by atoms with Crippen molar-refractivity contribution >= 4 is 51.8 Å². The van der Waals surface area contributed by atoms with Crippen molar-refractivity contribution < 1.29 is 19.1 Å². The summed E-state index contributed by atoms with van der Waals surface area (Å²) in [5.74, 6) is -0.877. The van der Waals surface area contributed by atoms with Gasteiger partial charge in [0.1, 0.15) is 0 Å². The van der Waals surface area contributed by atoms with E-state index in [1.54, 1.807) is 42.3 Å². The molecular formula is C28H29N5O4. The molecule has 0 saturated heterocycles. The number of rotatable bonds is 7. The van der Waals surface area contributed by atoms with Gasteiger partial charge in [-0.2, -0.15) is 0 Å². The molecule has 2 amide bonds. The molecule has 1 aliphatic heterocycles. The number of ether oxygens (including phenoxy) is 1. The van der Waals surface area contributed by atoms with Gasteiger partial charge in [0.05, 0.1) is 47.6 Å². The minimum Gasteiger partial charge on any atom is -0.465 e. The van der Waals surface area contributed by atoms with Gasteiger partial charge in [-0.25, -0.2) is 4.79 Å². The summed E-state index contributed by atoms with van der Waals surface area (Å²) in [7, 11) is 6.65. The van der Waals surface area contributed by atoms with E-state index in [-0.39, 0.29) is 18.4 Å². The molecule has 0 saturated carbocycles. The van der Waals surface area contributed by atoms with Crippen LogP contribution in [0.5, 0.6) is 0 Å². The van der Waals surface area contributed by atoms with Gasteiger partial charge in [-0.15, -0.1) is 0 Å². The van der Waals surface area contributed by atoms with E-state index in [4.69, 9.17) is 10.5 Å². The Morgan fingerprint density at radius 1 is 0.973 bits per heavy atom. The van der Waals surface area contributed by atoms with Crippen LogP contribution in [-0.4, -0.2) is 57.5 Å². The largest absolute Gasteiger partial charge is 0.465 e. The van der Waals surface area contributed by atoms with Crippen molar-refractivity contribution in [3.63, 3.8) is 0 Å². The van der Waals surface area contributed by atoms with E-state index in [1.165, 1.54) is 12.0 Å². The summed E-state index contributed by atoms with van der Waals surface area (Å²) in [6.45, 7) is 0.256. The molecule has 0 spiro atoms. The Balaban J connectivity index is 1.75. The van der Waals surface area contributed by atoms with Crippen LogP contribution < -0.4 is 21.3 Å². The van der Waals surface area contributed by atoms with Crippen LogP contribution in [0.15, 0.2) is 66.7 Å². The third-order valence-electron chi connectivity index (χ3n) is 5.98. The van der Waals surface area contributed by atoms with E-state index in [0.717, 1.165) is 5.56 Å². The summed E-state index contributed by atoms with van der Waals surface area (Å²) in [5.41, 5.74) is 11.3. The van der Waals surface area contributed by atoms with Gasteiger partial charge in [0.15, 0.2) is 0 Å². The second-order valence-electron chi connectivity index (χ2n) is 8.91. The molecule has 0 aliphatic carbocycles. The van der Waals surface area contributed by atoms with Crippen molar-refractivity contribution in [2.75, 3.05) is 56.1 Å². The van der Waals surface area contributed by atoms with Crippen LogP contribution in [0.2, 0.25) is 0 Å². The Morgan fingerprint density at radius 2 is 1.70 bits per heavy atom. The fourth-order valence-electron chi connectivity index (χ4n) is 4.14. The molecule has 0 unspecified atom stereocenters. The van der Waals surface area contributed by atoms with E-state index in [0.29, 0.717) is 45.1 Å². The molecule has 0 radical (unpaired) electrons. The van der Waals surface area contributed by atoms with E-state index in [2.05, 4.69) is 10.6 Å². The third kappa shape index (κ3) is 5.31. The van der Waals surface area contributed by atoms with Gasteiger partial charge in [0.25, 0.3) is 5.91 Å². The number of carbonyl (C=O) groups is 3. The number of hydrogen-bond acceptors (Lipinski definition) is 7. The number of carbonyl (C=O) groups excluding carboxylic acids is 3. The smallest absolute Gasteiger partial charge is 0.337 e. The molecule has 190 valence electrons. The lowest BCUT2D eigenvalue weighted by molar-refractivity contribution is -0.119. The molecule has 1 aliphatic rings. The molecule has 0 fully saturated rings. The van der Waals surface area contributed by atoms with Crippen molar-refractivity contribution in [1.82, 2.24) is 4.90 Å². The molecule has 3 aromatic rings. The maximum atomic E-state index is 13.2. The van der Waals surface area contributed by atoms with Crippen molar-refractivity contribution in [1.29, 1.82) is 0 Å². The number of methoxy groups -OCH3 is 1. The molecule has 0 atom stereocenters. The molecule has 4 rings (SSSR count). The maximum Gasteiger partial charge on any atom is 0.337 e. The van der Waals surface area contributed by atoms with Gasteiger partial charge in [-0.1, -0.05) is 36.4 Å². The van der Waals surface area contributed by atoms with Crippen LogP contribution in [0.1, 0.15) is 21.5 Å². The number of anilines is 4. The van der Waals surface area contributed by atoms with Gasteiger partial charge in [-0.3, -0.25) is 9.59 Å². The molecular weight excluding hydrogens is 470 g/mol. The Kier molecular flexibility index (Phi) is 7.26. The van der Waals surface area contributed by atoms with Gasteiger partial charge in [-0.05, 0) is 50.0 Å². The van der Waals surface area contributed by atoms with Gasteiger partial charge in [0, 0.05) is 18.3 Å². The van der Waals surface area contributed by atoms with Gasteiger partial charge in [0.2, 0.25) is 5.91 Å². The third-order valence-corrected chi connectivity index (χ3v) is 5.98. The minimum absolute atomic E-state index is 0.0879. The zero-order valence-corrected chi connectivity index (χ0v) is 21.2. The van der Waals surface area contributed by atoms with Gasteiger partial charge < -0.3 is 30.9 Å². The number of nitrogens with zero attached hydrogens (tertiary/aromatic N) is 2. The Morgan fingerprint density at radius 3 is 2.35 bits per heavy atom. The minimum atomic E-state index is -0.486. The summed E-state index contributed by atoms with van der Waals surface area (Å²) in [6, 6.07) is 19.7. The molecule has 1 heterocycles. The van der Waals surface area contributed by atoms with E-state index in [9.17, 15) is 14.4 Å². The second kappa shape index (κ2) is 10.5. The molecule has 3 aromatic carbocycles. The SMILES string of the molecule is COC(=O)c1ccc2c(c1)NC(=O)/C2=C(\Nc1ccc(N(C)C(=O)CN(C)C)c(N)c1)c1ccccc1. The van der Waals surface area contributed by atoms with Crippen molar-refractivity contribution in [2.45, 2.75) is 0 Å². The molecule has 0 aromatic heterocycles. The zero-order chi connectivity index (χ0) is 26.7. The Bertz CT molecular complexity index is 1400. The quantitative estimate of drug-likeness (QED) is 0.259. The monoisotopic (exact) mass is 499 g/mol. The lowest BCUT2D eigenvalue weighted by Gasteiger charge is -2.22. The first-order chi connectivity index (χ1) is 17.7. The average molecular weight is 500 g/mol. The molecule has 0 bridgehead atoms. The summed E-state index contributed by atoms with van der Waals surface area (Å²) < 4.78 is 4.80. The van der Waals surface area contributed by atoms with Crippen LogP contribution in [-0.2, 0) is 14.3 Å². The number of esters is 1. The summed E-state index contributed by atoms with van der Waals surface area (Å²) in [6.07, 6.45) is 0. The number of amides is 2. The lowest BCUT2D eigenvalue weighted by atomic mass is 9.99. The Labute approximate surface area is 215 Å². The second-order valence-corrected chi connectivity index (χ2v) is 8.91. The first-order valence-electron chi connectivity index (χ1n) is 11.6. The van der Waals surface area contributed by atoms with Crippen LogP contribution in [0.3, 0.4) is 0 Å². The standard InChI is InChI=1S/C28H29N5O4/c1-32(2)16-24(34)33(3)23-13-11-19(15-21(23)29)30-26(17-8-6-5-7-9-17)25-20-12-10-18(28(36)37-4)14-22(20)31-27(25)35/h5-15,30H,16,29H2,1-4H3,(H,31,35)/b26-25-. The van der Waals surface area contributed by atoms with E-state index in [1.807, 2.05) is 50.5 Å². The zero-order valence-electron chi connectivity index (χ0n) is 21.2. The predicted octanol–water partition coefficient (Wildman–Crippen LogP) is 3.51. The molecule has 37 heavy (non-hydrogen) atoms. The van der Waals surface area contributed by atoms with Gasteiger partial charge >= 0.3 is 5.97 Å². The summed E-state index contributed by atoms with van der Waals surface area (Å²) in [5, 5.41) is 6.21. The van der Waals surface area contributed by atoms with E-state index < -0.39 is 5.97 Å². The highest BCUT2D eigenvalue weighted by Gasteiger charge is 2.29. The van der Waals surface area contributed by atoms with E-state index >= 15 is 0 Å². The highest BCUT2D eigenvalue weighted by atomic mass is 16.5. The number of nitrogen functional groups attached to an aromatic ring is 1. The van der Waals surface area contributed by atoms with Crippen molar-refractivity contribution in [3.8, 4) is 0 Å². The normalized spacial score (nSPS) is 13.6. The highest BCUT2D eigenvalue weighted by molar-refractivity contribution is 6.37. The summed E-state index contributed by atoms with van der Waals surface area (Å²) in [4.78, 5) is 41.0. The van der Waals surface area contributed by atoms with Crippen LogP contribution >= 0.6 is 0 Å². The maximum absolute atomic E-state index is 13.2. The average Bonchev–Trinajstić information content (AvgIpc) is 3.21. The molecule has 4 N–H and O–H groups in total. The number of benzene rings is 3. The van der Waals surface area contributed by atoms with Crippen LogP contribution in [0.25, 0.3) is 11.3 Å². The first kappa shape index (κ1) is 25.5. The first-order valence-corrected chi connectivity index (χ1v) is 11.6. The van der Waals surface area contributed by atoms with Crippen LogP contribution in [0, 0.1) is 0 Å². The number of fused-ring (bicyclic) bond motifs is 1. The predicted molar refractivity (Wildman–Crippen MR) is 146 cm³/mol. The topological polar surface area (TPSA) is 117 Å². The summed E-state index contributed by atoms with van der Waals surface area (Å²) >= 11 is 0. The lowest BCUT2D eigenvalue weighted by Crippen LogP contribution is -2.35. The Hall–Kier alpha value is -4.63. The number of hydrogen-bond donors (Lipinski definition) is 3. The molecule has 9 nitrogen and oxygen atoms in total. The number of likely N-dealkylation sites (N-methyl/N-ethyl adjacent to an activating group) is 2. The van der Waals surface area contributed by atoms with Crippen LogP contribution in [0.4, 0.5) is 22.7 Å². The fraction of sp³-hybridized carbons (Fsp3) is 0.179. The van der Waals surface area contributed by atoms with Crippen molar-refractivity contribution in [2.24, 2.45) is 0 Å². The molecule has 9 heteroatoms.